The summed E-state index contributed by atoms with van der Waals surface area (Å²) >= 11 is 0. The van der Waals surface area contributed by atoms with Crippen molar-refractivity contribution in [2.75, 3.05) is 76.1 Å². The minimum atomic E-state index is 0.593. The summed E-state index contributed by atoms with van der Waals surface area (Å²) in [7, 11) is 0. The van der Waals surface area contributed by atoms with Gasteiger partial charge in [-0.3, -0.25) is 10.7 Å². The van der Waals surface area contributed by atoms with E-state index >= 15 is 0 Å². The van der Waals surface area contributed by atoms with Gasteiger partial charge in [0.05, 0.1) is 32.1 Å². The molecule has 2 saturated heterocycles. The highest BCUT2D eigenvalue weighted by Gasteiger charge is 2.15. The Morgan fingerprint density at radius 2 is 1.78 bits per heavy atom. The summed E-state index contributed by atoms with van der Waals surface area (Å²) < 4.78 is 16.6. The Hall–Kier alpha value is -1.61. The number of hydrogen-bond donors (Lipinski definition) is 2. The van der Waals surface area contributed by atoms with Gasteiger partial charge in [0.1, 0.15) is 12.4 Å². The van der Waals surface area contributed by atoms with Crippen molar-refractivity contribution in [1.82, 2.24) is 9.88 Å². The molecule has 8 heteroatoms. The van der Waals surface area contributed by atoms with Crippen LogP contribution >= 0.6 is 0 Å². The molecule has 0 atom stereocenters. The summed E-state index contributed by atoms with van der Waals surface area (Å²) in [6, 6.07) is 3.75. The van der Waals surface area contributed by atoms with E-state index in [1.807, 2.05) is 12.1 Å². The molecule has 0 amide bonds. The zero-order valence-electron chi connectivity index (χ0n) is 13.4. The molecule has 0 radical (unpaired) electrons. The Morgan fingerprint density at radius 1 is 1.09 bits per heavy atom. The van der Waals surface area contributed by atoms with E-state index in [0.717, 1.165) is 70.7 Å². The van der Waals surface area contributed by atoms with Gasteiger partial charge in [0.2, 0.25) is 5.88 Å². The number of morpholine rings is 2. The van der Waals surface area contributed by atoms with Gasteiger partial charge in [0, 0.05) is 44.9 Å². The highest BCUT2D eigenvalue weighted by molar-refractivity contribution is 5.56. The first-order valence-electron chi connectivity index (χ1n) is 8.09. The molecule has 2 aliphatic rings. The Balaban J connectivity index is 1.58. The molecule has 3 N–H and O–H groups in total. The molecule has 8 nitrogen and oxygen atoms in total. The largest absolute Gasteiger partial charge is 0.476 e. The second-order valence-electron chi connectivity index (χ2n) is 5.60. The quantitative estimate of drug-likeness (QED) is 0.555. The second-order valence-corrected chi connectivity index (χ2v) is 5.60. The number of aromatic nitrogens is 1. The SMILES string of the molecule is NNc1cc(OCCN2CCOCC2)nc(N2CCOCC2)c1. The first-order chi connectivity index (χ1) is 11.3. The molecule has 2 aliphatic heterocycles. The molecule has 1 aromatic heterocycles. The van der Waals surface area contributed by atoms with Crippen LogP contribution in [0.5, 0.6) is 5.88 Å². The lowest BCUT2D eigenvalue weighted by Crippen LogP contribution is -2.38. The second kappa shape index (κ2) is 8.30. The maximum atomic E-state index is 5.84. The molecule has 3 heterocycles. The van der Waals surface area contributed by atoms with Crippen LogP contribution in [0.3, 0.4) is 0 Å². The van der Waals surface area contributed by atoms with Crippen LogP contribution in [0.15, 0.2) is 12.1 Å². The van der Waals surface area contributed by atoms with Gasteiger partial charge in [0.15, 0.2) is 0 Å². The molecule has 1 aromatic rings. The summed E-state index contributed by atoms with van der Waals surface area (Å²) in [6.07, 6.45) is 0. The van der Waals surface area contributed by atoms with Gasteiger partial charge in [0.25, 0.3) is 0 Å². The van der Waals surface area contributed by atoms with Gasteiger partial charge < -0.3 is 24.5 Å². The van der Waals surface area contributed by atoms with Gasteiger partial charge in [-0.1, -0.05) is 0 Å². The zero-order chi connectivity index (χ0) is 15.9. The lowest BCUT2D eigenvalue weighted by Gasteiger charge is -2.28. The Bertz CT molecular complexity index is 490. The van der Waals surface area contributed by atoms with Crippen LogP contribution in [0.1, 0.15) is 0 Å². The maximum absolute atomic E-state index is 5.84. The van der Waals surface area contributed by atoms with Crippen molar-refractivity contribution in [2.24, 2.45) is 5.84 Å². The average molecular weight is 323 g/mol. The van der Waals surface area contributed by atoms with Crippen molar-refractivity contribution in [2.45, 2.75) is 0 Å². The van der Waals surface area contributed by atoms with Crippen molar-refractivity contribution in [3.05, 3.63) is 12.1 Å². The molecule has 0 unspecified atom stereocenters. The summed E-state index contributed by atoms with van der Waals surface area (Å²) in [6.45, 7) is 8.08. The summed E-state index contributed by atoms with van der Waals surface area (Å²) in [5.74, 6) is 7.02. The monoisotopic (exact) mass is 323 g/mol. The topological polar surface area (TPSA) is 85.1 Å². The summed E-state index contributed by atoms with van der Waals surface area (Å²) in [5, 5.41) is 0. The van der Waals surface area contributed by atoms with Crippen LogP contribution in [0.2, 0.25) is 0 Å². The van der Waals surface area contributed by atoms with E-state index in [9.17, 15) is 0 Å². The first kappa shape index (κ1) is 16.3. The van der Waals surface area contributed by atoms with Crippen LogP contribution in [-0.2, 0) is 9.47 Å². The van der Waals surface area contributed by atoms with E-state index in [0.29, 0.717) is 12.5 Å². The third kappa shape index (κ3) is 4.68. The number of nitrogens with zero attached hydrogens (tertiary/aromatic N) is 3. The fourth-order valence-electron chi connectivity index (χ4n) is 2.71. The average Bonchev–Trinajstić information content (AvgIpc) is 2.63. The number of pyridine rings is 1. The van der Waals surface area contributed by atoms with Gasteiger partial charge in [-0.05, 0) is 0 Å². The molecule has 0 saturated carbocycles. The smallest absolute Gasteiger partial charge is 0.217 e. The number of nitrogens with one attached hydrogen (secondary N) is 1. The van der Waals surface area contributed by atoms with Crippen molar-refractivity contribution in [1.29, 1.82) is 0 Å². The minimum absolute atomic E-state index is 0.593. The van der Waals surface area contributed by atoms with E-state index in [4.69, 9.17) is 20.1 Å². The third-order valence-corrected chi connectivity index (χ3v) is 4.05. The first-order valence-corrected chi connectivity index (χ1v) is 8.09. The normalized spacial score (nSPS) is 19.6. The Morgan fingerprint density at radius 3 is 2.48 bits per heavy atom. The molecule has 0 spiro atoms. The number of rotatable bonds is 6. The highest BCUT2D eigenvalue weighted by atomic mass is 16.5. The standard InChI is InChI=1S/C15H25N5O3/c16-18-13-11-14(20-4-8-22-9-5-20)17-15(12-13)23-10-3-19-1-6-21-7-2-19/h11-12H,1-10,16H2,(H,17,18). The van der Waals surface area contributed by atoms with Gasteiger partial charge in [-0.15, -0.1) is 0 Å². The molecule has 23 heavy (non-hydrogen) atoms. The number of nitrogen functional groups attached to an aromatic ring is 1. The molecule has 0 aliphatic carbocycles. The van der Waals surface area contributed by atoms with Gasteiger partial charge >= 0.3 is 0 Å². The van der Waals surface area contributed by atoms with Gasteiger partial charge in [-0.2, -0.15) is 4.98 Å². The molecular weight excluding hydrogens is 298 g/mol. The minimum Gasteiger partial charge on any atom is -0.476 e. The van der Waals surface area contributed by atoms with Crippen LogP contribution in [-0.4, -0.2) is 75.6 Å². The van der Waals surface area contributed by atoms with Crippen molar-refractivity contribution in [3.8, 4) is 5.88 Å². The number of nitrogens with two attached hydrogens (primary N) is 1. The maximum Gasteiger partial charge on any atom is 0.217 e. The number of hydrazine groups is 1. The van der Waals surface area contributed by atoms with E-state index in [1.165, 1.54) is 0 Å². The van der Waals surface area contributed by atoms with E-state index in [-0.39, 0.29) is 0 Å². The molecule has 0 bridgehead atoms. The van der Waals surface area contributed by atoms with E-state index in [1.54, 1.807) is 0 Å². The van der Waals surface area contributed by atoms with Crippen LogP contribution in [0.4, 0.5) is 11.5 Å². The fraction of sp³-hybridized carbons (Fsp3) is 0.667. The van der Waals surface area contributed by atoms with Crippen molar-refractivity contribution in [3.63, 3.8) is 0 Å². The van der Waals surface area contributed by atoms with Crippen LogP contribution in [0.25, 0.3) is 0 Å². The fourth-order valence-corrected chi connectivity index (χ4v) is 2.71. The lowest BCUT2D eigenvalue weighted by molar-refractivity contribution is 0.0320. The van der Waals surface area contributed by atoms with Crippen molar-refractivity contribution < 1.29 is 14.2 Å². The molecule has 0 aromatic carbocycles. The summed E-state index contributed by atoms with van der Waals surface area (Å²) in [5.41, 5.74) is 3.48. The van der Waals surface area contributed by atoms with Crippen LogP contribution < -0.4 is 20.9 Å². The highest BCUT2D eigenvalue weighted by Crippen LogP contribution is 2.23. The Kier molecular flexibility index (Phi) is 5.87. The summed E-state index contributed by atoms with van der Waals surface area (Å²) in [4.78, 5) is 9.11. The predicted molar refractivity (Wildman–Crippen MR) is 87.8 cm³/mol. The predicted octanol–water partition coefficient (Wildman–Crippen LogP) is -0.0852. The third-order valence-electron chi connectivity index (χ3n) is 4.05. The lowest BCUT2D eigenvalue weighted by atomic mass is 10.3. The number of hydrogen-bond acceptors (Lipinski definition) is 8. The number of anilines is 2. The van der Waals surface area contributed by atoms with E-state index < -0.39 is 0 Å². The molecule has 2 fully saturated rings. The van der Waals surface area contributed by atoms with Crippen LogP contribution in [0, 0.1) is 0 Å². The number of ether oxygens (including phenoxy) is 3. The van der Waals surface area contributed by atoms with E-state index in [2.05, 4.69) is 20.2 Å². The molecular formula is C15H25N5O3. The zero-order valence-corrected chi connectivity index (χ0v) is 13.4. The molecule has 128 valence electrons. The Labute approximate surface area is 136 Å². The van der Waals surface area contributed by atoms with Gasteiger partial charge in [-0.25, -0.2) is 0 Å². The molecule has 3 rings (SSSR count). The van der Waals surface area contributed by atoms with Crippen molar-refractivity contribution >= 4 is 11.5 Å².